The van der Waals surface area contributed by atoms with Gasteiger partial charge >= 0.3 is 42.1 Å². The van der Waals surface area contributed by atoms with Crippen LogP contribution in [0.4, 0.5) is 0 Å². The van der Waals surface area contributed by atoms with Crippen molar-refractivity contribution in [3.63, 3.8) is 0 Å². The van der Waals surface area contributed by atoms with Gasteiger partial charge in [-0.3, -0.25) is 0 Å². The third-order valence-corrected chi connectivity index (χ3v) is 8.34. The predicted octanol–water partition coefficient (Wildman–Crippen LogP) is 6.28. The van der Waals surface area contributed by atoms with E-state index in [2.05, 4.69) is 44.7 Å². The molecular weight excluding hydrogens is 995 g/mol. The molecule has 0 atom stereocenters. The molecule has 0 saturated carbocycles. The average molecular weight is 1020 g/mol. The van der Waals surface area contributed by atoms with Crippen LogP contribution in [0.25, 0.3) is 89.0 Å². The summed E-state index contributed by atoms with van der Waals surface area (Å²) in [6.45, 7) is 0. The molecule has 0 N–H and O–H groups in total. The fourth-order valence-corrected chi connectivity index (χ4v) is 6.14. The largest absolute Gasteiger partial charge is 2.00 e. The standard InChI is InChI=1S/2C18H13N5O.2Pt/c2*1-22-6-14(19-9-22)12-5-3-4-11-13-8-24-18(17(13)21-16(11)12)15-7-23(2)10-20-15;;/h2*3-9H,1-2H3;;/q2*-2;2*+2. The van der Waals surface area contributed by atoms with Crippen molar-refractivity contribution in [2.75, 3.05) is 0 Å². The number of nitrogens with zero attached hydrogens (tertiary/aromatic N) is 10. The number of hydrogen-bond donors (Lipinski definition) is 0. The molecule has 0 aliphatic rings. The molecule has 10 aromatic rings. The summed E-state index contributed by atoms with van der Waals surface area (Å²) in [5.74, 6) is 1.34. The minimum Gasteiger partial charge on any atom is -0.654 e. The molecule has 8 aromatic heterocycles. The van der Waals surface area contributed by atoms with Crippen LogP contribution in [-0.2, 0) is 70.3 Å². The summed E-state index contributed by atoms with van der Waals surface area (Å²) in [4.78, 5) is 27.1. The van der Waals surface area contributed by atoms with Gasteiger partial charge in [-0.2, -0.15) is 0 Å². The second-order valence-electron chi connectivity index (χ2n) is 11.8. The monoisotopic (exact) mass is 1020 g/mol. The van der Waals surface area contributed by atoms with Crippen LogP contribution in [0.3, 0.4) is 0 Å². The number of furan rings is 2. The number of aromatic nitrogens is 10. The zero-order valence-electron chi connectivity index (χ0n) is 27.0. The van der Waals surface area contributed by atoms with Crippen LogP contribution in [0.1, 0.15) is 0 Å². The number of para-hydroxylation sites is 2. The van der Waals surface area contributed by atoms with Gasteiger partial charge in [-0.25, -0.2) is 9.97 Å². The van der Waals surface area contributed by atoms with Crippen LogP contribution in [0.2, 0.25) is 0 Å². The van der Waals surface area contributed by atoms with Crippen LogP contribution in [0, 0.1) is 12.7 Å². The summed E-state index contributed by atoms with van der Waals surface area (Å²) in [6, 6.07) is 12.2. The molecule has 0 aliphatic carbocycles. The second-order valence-corrected chi connectivity index (χ2v) is 11.8. The van der Waals surface area contributed by atoms with E-state index in [-0.39, 0.29) is 42.1 Å². The summed E-state index contributed by atoms with van der Waals surface area (Å²) in [6.07, 6.45) is 20.5. The van der Waals surface area contributed by atoms with Gasteiger partial charge in [0.25, 0.3) is 0 Å². The minimum absolute atomic E-state index is 0. The van der Waals surface area contributed by atoms with E-state index < -0.39 is 0 Å². The predicted molar refractivity (Wildman–Crippen MR) is 181 cm³/mol. The Morgan fingerprint density at radius 2 is 0.980 bits per heavy atom. The van der Waals surface area contributed by atoms with Crippen molar-refractivity contribution >= 4 is 43.6 Å². The number of hydrogen-bond acceptors (Lipinski definition) is 6. The van der Waals surface area contributed by atoms with Crippen LogP contribution < -0.4 is 9.97 Å². The fraction of sp³-hybridized carbons (Fsp3) is 0.111. The van der Waals surface area contributed by atoms with E-state index in [9.17, 15) is 0 Å². The average Bonchev–Trinajstić information content (AvgIpc) is 3.91. The van der Waals surface area contributed by atoms with Gasteiger partial charge in [0.15, 0.2) is 0 Å². The molecule has 50 heavy (non-hydrogen) atoms. The molecule has 0 radical (unpaired) electrons. The first-order valence-electron chi connectivity index (χ1n) is 15.1. The SMILES string of the molecule is Cn1[c-]nc(-c2occ3c2[n-]c2c(-c4cn(C)cn4)cccc23)c1.Cn1[c-]nc(-c2occ3c2[n-]c2c(-c4cn(C)cn4)cccc23)c1.[Pt+2].[Pt+2]. The molecule has 12 nitrogen and oxygen atoms in total. The molecule has 252 valence electrons. The van der Waals surface area contributed by atoms with Crippen molar-refractivity contribution in [3.8, 4) is 45.4 Å². The molecule has 0 fully saturated rings. The smallest absolute Gasteiger partial charge is 0.654 e. The maximum atomic E-state index is 5.73. The van der Waals surface area contributed by atoms with E-state index >= 15 is 0 Å². The third kappa shape index (κ3) is 5.49. The van der Waals surface area contributed by atoms with E-state index in [0.29, 0.717) is 11.5 Å². The summed E-state index contributed by atoms with van der Waals surface area (Å²) >= 11 is 0. The van der Waals surface area contributed by atoms with Crippen molar-refractivity contribution in [1.29, 1.82) is 0 Å². The summed E-state index contributed by atoms with van der Waals surface area (Å²) in [5, 5.41) is 4.10. The first-order chi connectivity index (χ1) is 23.4. The maximum absolute atomic E-state index is 5.73. The van der Waals surface area contributed by atoms with E-state index in [1.165, 1.54) is 0 Å². The Labute approximate surface area is 313 Å². The molecule has 0 unspecified atom stereocenters. The van der Waals surface area contributed by atoms with Crippen molar-refractivity contribution in [2.45, 2.75) is 0 Å². The normalized spacial score (nSPS) is 11.3. The Hall–Kier alpha value is -5.18. The van der Waals surface area contributed by atoms with Crippen LogP contribution in [0.5, 0.6) is 0 Å². The summed E-state index contributed by atoms with van der Waals surface area (Å²) < 4.78 is 18.9. The molecule has 10 rings (SSSR count). The quantitative estimate of drug-likeness (QED) is 0.189. The van der Waals surface area contributed by atoms with Crippen LogP contribution in [-0.4, -0.2) is 38.2 Å². The van der Waals surface area contributed by atoms with Gasteiger partial charge in [-0.1, -0.05) is 47.4 Å². The van der Waals surface area contributed by atoms with Crippen LogP contribution in [0.15, 0.2) is 95.2 Å². The molecule has 8 heterocycles. The molecule has 14 heteroatoms. The molecule has 0 bridgehead atoms. The van der Waals surface area contributed by atoms with Gasteiger partial charge in [0, 0.05) is 49.9 Å². The number of rotatable bonds is 4. The Morgan fingerprint density at radius 3 is 1.34 bits per heavy atom. The van der Waals surface area contributed by atoms with Gasteiger partial charge in [-0.05, 0) is 47.4 Å². The number of aryl methyl sites for hydroxylation is 4. The maximum Gasteiger partial charge on any atom is 2.00 e. The number of imidazole rings is 4. The van der Waals surface area contributed by atoms with Gasteiger partial charge in [0.1, 0.15) is 0 Å². The molecule has 0 spiro atoms. The van der Waals surface area contributed by atoms with Gasteiger partial charge in [0.05, 0.1) is 48.1 Å². The zero-order chi connectivity index (χ0) is 32.5. The van der Waals surface area contributed by atoms with Crippen molar-refractivity contribution in [2.24, 2.45) is 28.2 Å². The van der Waals surface area contributed by atoms with E-state index in [0.717, 1.165) is 77.5 Å². The Morgan fingerprint density at radius 1 is 0.540 bits per heavy atom. The zero-order valence-corrected chi connectivity index (χ0v) is 31.5. The summed E-state index contributed by atoms with van der Waals surface area (Å²) in [7, 11) is 7.68. The molecule has 0 saturated heterocycles. The minimum atomic E-state index is 0. The summed E-state index contributed by atoms with van der Waals surface area (Å²) in [5.41, 5.74) is 8.81. The first kappa shape index (κ1) is 33.3. The van der Waals surface area contributed by atoms with Gasteiger partial charge in [-0.15, -0.1) is 23.4 Å². The Balaban J connectivity index is 0.000000151. The first-order valence-corrected chi connectivity index (χ1v) is 15.1. The number of benzene rings is 2. The third-order valence-electron chi connectivity index (χ3n) is 8.34. The van der Waals surface area contributed by atoms with Gasteiger partial charge < -0.3 is 47.0 Å². The van der Waals surface area contributed by atoms with E-state index in [1.807, 2.05) is 86.4 Å². The number of fused-ring (bicyclic) bond motifs is 6. The fourth-order valence-electron chi connectivity index (χ4n) is 6.14. The second kappa shape index (κ2) is 12.9. The molecular formula is C36H26N10O2Pt2. The topological polar surface area (TPSA) is 126 Å². The molecule has 2 aromatic carbocycles. The van der Waals surface area contributed by atoms with Crippen molar-refractivity contribution in [3.05, 3.63) is 99.0 Å². The molecule has 0 aliphatic heterocycles. The van der Waals surface area contributed by atoms with E-state index in [4.69, 9.17) is 18.8 Å². The van der Waals surface area contributed by atoms with E-state index in [1.54, 1.807) is 34.3 Å². The Kier molecular flexibility index (Phi) is 8.62. The van der Waals surface area contributed by atoms with Gasteiger partial charge in [0.2, 0.25) is 0 Å². The van der Waals surface area contributed by atoms with Crippen molar-refractivity contribution in [1.82, 2.24) is 48.2 Å². The van der Waals surface area contributed by atoms with Crippen LogP contribution >= 0.6 is 0 Å². The Bertz CT molecular complexity index is 2570. The molecule has 0 amide bonds. The van der Waals surface area contributed by atoms with Crippen molar-refractivity contribution < 1.29 is 51.0 Å².